The zero-order chi connectivity index (χ0) is 20.8. The molecule has 0 bridgehead atoms. The lowest BCUT2D eigenvalue weighted by molar-refractivity contribution is -0.117. The van der Waals surface area contributed by atoms with Gasteiger partial charge in [0.1, 0.15) is 0 Å². The molecule has 0 aliphatic carbocycles. The van der Waals surface area contributed by atoms with Crippen molar-refractivity contribution in [2.75, 3.05) is 41.3 Å². The molecule has 2 aromatic rings. The minimum atomic E-state index is 0.196. The number of likely N-dealkylation sites (N-methyl/N-ethyl adjacent to an activating group) is 1. The predicted octanol–water partition coefficient (Wildman–Crippen LogP) is 4.24. The van der Waals surface area contributed by atoms with Crippen LogP contribution in [-0.2, 0) is 4.79 Å². The van der Waals surface area contributed by atoms with Gasteiger partial charge in [-0.05, 0) is 69.2 Å². The Morgan fingerprint density at radius 2 is 1.93 bits per heavy atom. The average Bonchev–Trinajstić information content (AvgIpc) is 3.13. The normalized spacial score (nSPS) is 13.5. The highest BCUT2D eigenvalue weighted by molar-refractivity contribution is 7.80. The van der Waals surface area contributed by atoms with Crippen LogP contribution in [0.4, 0.5) is 17.1 Å². The number of hydrogen-bond acceptors (Lipinski definition) is 3. The molecule has 0 radical (unpaired) electrons. The zero-order valence-corrected chi connectivity index (χ0v) is 18.3. The van der Waals surface area contributed by atoms with Crippen LogP contribution in [-0.4, -0.2) is 37.2 Å². The first-order valence-electron chi connectivity index (χ1n) is 10.3. The second-order valence-electron chi connectivity index (χ2n) is 7.45. The smallest absolute Gasteiger partial charge is 0.227 e. The van der Waals surface area contributed by atoms with Gasteiger partial charge in [-0.3, -0.25) is 4.79 Å². The minimum Gasteiger partial charge on any atom is -0.370 e. The van der Waals surface area contributed by atoms with Crippen molar-refractivity contribution < 1.29 is 4.79 Å². The van der Waals surface area contributed by atoms with E-state index in [-0.39, 0.29) is 5.91 Å². The first-order chi connectivity index (χ1) is 14.0. The summed E-state index contributed by atoms with van der Waals surface area (Å²) >= 11 is 5.47. The Bertz CT molecular complexity index is 866. The van der Waals surface area contributed by atoms with E-state index in [1.54, 1.807) is 0 Å². The van der Waals surface area contributed by atoms with Crippen LogP contribution in [0, 0.1) is 13.8 Å². The third-order valence-corrected chi connectivity index (χ3v) is 5.53. The minimum absolute atomic E-state index is 0.196. The molecule has 1 fully saturated rings. The number of hydrogen-bond donors (Lipinski definition) is 2. The van der Waals surface area contributed by atoms with Crippen LogP contribution >= 0.6 is 12.2 Å². The van der Waals surface area contributed by atoms with Gasteiger partial charge in [-0.15, -0.1) is 0 Å². The van der Waals surface area contributed by atoms with E-state index in [1.807, 2.05) is 30.0 Å². The van der Waals surface area contributed by atoms with E-state index >= 15 is 0 Å². The largest absolute Gasteiger partial charge is 0.370 e. The molecular weight excluding hydrogens is 380 g/mol. The SMILES string of the molecule is CCN(CCNC(=S)Nc1ccc(C)c(N2CCCC2=O)c1)c1ccc(C)cc1. The standard InChI is InChI=1S/C23H30N4OS/c1-4-26(20-11-7-17(2)8-12-20)15-13-24-23(29)25-19-10-9-18(3)21(16-19)27-14-5-6-22(27)28/h7-12,16H,4-6,13-15H2,1-3H3,(H2,24,25,29). The van der Waals surface area contributed by atoms with Gasteiger partial charge in [0, 0.05) is 49.7 Å². The van der Waals surface area contributed by atoms with Crippen LogP contribution in [0.2, 0.25) is 0 Å². The number of rotatable bonds is 7. The molecule has 1 amide bonds. The molecule has 1 aliphatic rings. The molecule has 0 unspecified atom stereocenters. The monoisotopic (exact) mass is 410 g/mol. The highest BCUT2D eigenvalue weighted by Gasteiger charge is 2.23. The molecule has 5 nitrogen and oxygen atoms in total. The third kappa shape index (κ3) is 5.48. The summed E-state index contributed by atoms with van der Waals surface area (Å²) in [5.41, 5.74) is 5.45. The Hall–Kier alpha value is -2.60. The van der Waals surface area contributed by atoms with Gasteiger partial charge in [-0.2, -0.15) is 0 Å². The van der Waals surface area contributed by atoms with E-state index in [4.69, 9.17) is 12.2 Å². The Kier molecular flexibility index (Phi) is 7.09. The molecule has 1 heterocycles. The van der Waals surface area contributed by atoms with Gasteiger partial charge in [-0.25, -0.2) is 0 Å². The lowest BCUT2D eigenvalue weighted by atomic mass is 10.1. The molecular formula is C23H30N4OS. The van der Waals surface area contributed by atoms with Crippen molar-refractivity contribution in [1.29, 1.82) is 0 Å². The third-order valence-electron chi connectivity index (χ3n) is 5.28. The Morgan fingerprint density at radius 1 is 1.17 bits per heavy atom. The Balaban J connectivity index is 1.54. The van der Waals surface area contributed by atoms with E-state index in [0.29, 0.717) is 11.5 Å². The topological polar surface area (TPSA) is 47.6 Å². The number of carbonyl (C=O) groups is 1. The number of nitrogens with zero attached hydrogens (tertiary/aromatic N) is 2. The number of anilines is 3. The van der Waals surface area contributed by atoms with Gasteiger partial charge >= 0.3 is 0 Å². The summed E-state index contributed by atoms with van der Waals surface area (Å²) in [7, 11) is 0. The maximum atomic E-state index is 12.1. The molecule has 0 spiro atoms. The first-order valence-corrected chi connectivity index (χ1v) is 10.7. The second-order valence-corrected chi connectivity index (χ2v) is 7.85. The van der Waals surface area contributed by atoms with Crippen molar-refractivity contribution in [3.63, 3.8) is 0 Å². The van der Waals surface area contributed by atoms with Crippen molar-refractivity contribution in [3.05, 3.63) is 53.6 Å². The van der Waals surface area contributed by atoms with Crippen LogP contribution in [0.15, 0.2) is 42.5 Å². The quantitative estimate of drug-likeness (QED) is 0.669. The second kappa shape index (κ2) is 9.74. The number of nitrogens with one attached hydrogen (secondary N) is 2. The molecule has 0 aromatic heterocycles. The lowest BCUT2D eigenvalue weighted by Crippen LogP contribution is -2.37. The summed E-state index contributed by atoms with van der Waals surface area (Å²) in [6, 6.07) is 14.6. The summed E-state index contributed by atoms with van der Waals surface area (Å²) in [6.07, 6.45) is 1.55. The fourth-order valence-corrected chi connectivity index (χ4v) is 3.81. The van der Waals surface area contributed by atoms with Crippen LogP contribution < -0.4 is 20.4 Å². The van der Waals surface area contributed by atoms with Crippen molar-refractivity contribution in [3.8, 4) is 0 Å². The number of amides is 1. The van der Waals surface area contributed by atoms with Gasteiger partial charge in [0.15, 0.2) is 5.11 Å². The maximum absolute atomic E-state index is 12.1. The lowest BCUT2D eigenvalue weighted by Gasteiger charge is -2.24. The maximum Gasteiger partial charge on any atom is 0.227 e. The fourth-order valence-electron chi connectivity index (χ4n) is 3.59. The summed E-state index contributed by atoms with van der Waals surface area (Å²) < 4.78 is 0. The molecule has 1 saturated heterocycles. The van der Waals surface area contributed by atoms with Gasteiger partial charge in [-0.1, -0.05) is 23.8 Å². The molecule has 154 valence electrons. The summed E-state index contributed by atoms with van der Waals surface area (Å²) in [5, 5.41) is 7.13. The van der Waals surface area contributed by atoms with Gasteiger partial charge in [0.05, 0.1) is 0 Å². The van der Waals surface area contributed by atoms with Gasteiger partial charge in [0.2, 0.25) is 5.91 Å². The fraction of sp³-hybridized carbons (Fsp3) is 0.391. The molecule has 1 aliphatic heterocycles. The highest BCUT2D eigenvalue weighted by Crippen LogP contribution is 2.28. The van der Waals surface area contributed by atoms with E-state index in [1.165, 1.54) is 11.3 Å². The van der Waals surface area contributed by atoms with Crippen LogP contribution in [0.1, 0.15) is 30.9 Å². The molecule has 0 saturated carbocycles. The van der Waals surface area contributed by atoms with Crippen LogP contribution in [0.25, 0.3) is 0 Å². The van der Waals surface area contributed by atoms with Crippen molar-refractivity contribution in [2.24, 2.45) is 0 Å². The average molecular weight is 411 g/mol. The molecule has 2 aromatic carbocycles. The van der Waals surface area contributed by atoms with Gasteiger partial charge < -0.3 is 20.4 Å². The zero-order valence-electron chi connectivity index (χ0n) is 17.5. The van der Waals surface area contributed by atoms with E-state index in [0.717, 1.165) is 49.5 Å². The summed E-state index contributed by atoms with van der Waals surface area (Å²) in [4.78, 5) is 16.3. The Morgan fingerprint density at radius 3 is 2.59 bits per heavy atom. The van der Waals surface area contributed by atoms with Crippen molar-refractivity contribution >= 4 is 40.3 Å². The van der Waals surface area contributed by atoms with E-state index in [2.05, 4.69) is 53.6 Å². The van der Waals surface area contributed by atoms with Crippen LogP contribution in [0.5, 0.6) is 0 Å². The first kappa shape index (κ1) is 21.1. The molecule has 2 N–H and O–H groups in total. The van der Waals surface area contributed by atoms with Crippen LogP contribution in [0.3, 0.4) is 0 Å². The highest BCUT2D eigenvalue weighted by atomic mass is 32.1. The summed E-state index contributed by atoms with van der Waals surface area (Å²) in [5.74, 6) is 0.196. The van der Waals surface area contributed by atoms with Gasteiger partial charge in [0.25, 0.3) is 0 Å². The van der Waals surface area contributed by atoms with Crippen molar-refractivity contribution in [2.45, 2.75) is 33.6 Å². The van der Waals surface area contributed by atoms with E-state index < -0.39 is 0 Å². The molecule has 0 atom stereocenters. The number of aryl methyl sites for hydroxylation is 2. The number of carbonyl (C=O) groups excluding carboxylic acids is 1. The Labute approximate surface area is 179 Å². The molecule has 6 heteroatoms. The van der Waals surface area contributed by atoms with Crippen molar-refractivity contribution in [1.82, 2.24) is 5.32 Å². The predicted molar refractivity (Wildman–Crippen MR) is 126 cm³/mol. The summed E-state index contributed by atoms with van der Waals surface area (Å²) in [6.45, 7) is 9.63. The molecule has 3 rings (SSSR count). The number of benzene rings is 2. The van der Waals surface area contributed by atoms with E-state index in [9.17, 15) is 4.79 Å². The number of thiocarbonyl (C=S) groups is 1. The molecule has 29 heavy (non-hydrogen) atoms.